The molecule has 7 heteroatoms. The minimum absolute atomic E-state index is 0.111. The van der Waals surface area contributed by atoms with Gasteiger partial charge in [-0.1, -0.05) is 12.1 Å². The summed E-state index contributed by atoms with van der Waals surface area (Å²) in [6.45, 7) is 3.71. The van der Waals surface area contributed by atoms with Crippen molar-refractivity contribution in [3.8, 4) is 0 Å². The SMILES string of the molecule is Cc1ccc(S(=O)(=O)N[C@H](CC(=O)O)c2cccnc2)cc1C. The molecular weight excluding hydrogens is 316 g/mol. The number of nitrogens with zero attached hydrogens (tertiary/aromatic N) is 1. The molecule has 1 atom stereocenters. The Labute approximate surface area is 135 Å². The van der Waals surface area contributed by atoms with Crippen molar-refractivity contribution in [1.29, 1.82) is 0 Å². The van der Waals surface area contributed by atoms with Crippen molar-refractivity contribution in [3.05, 3.63) is 59.4 Å². The molecule has 0 aliphatic heterocycles. The van der Waals surface area contributed by atoms with Gasteiger partial charge in [-0.3, -0.25) is 9.78 Å². The number of aliphatic carboxylic acids is 1. The second kappa shape index (κ2) is 6.89. The summed E-state index contributed by atoms with van der Waals surface area (Å²) in [4.78, 5) is 15.1. The van der Waals surface area contributed by atoms with E-state index in [0.29, 0.717) is 5.56 Å². The maximum atomic E-state index is 12.5. The van der Waals surface area contributed by atoms with Gasteiger partial charge in [-0.25, -0.2) is 13.1 Å². The lowest BCUT2D eigenvalue weighted by Gasteiger charge is -2.17. The van der Waals surface area contributed by atoms with Crippen molar-refractivity contribution in [2.24, 2.45) is 0 Å². The van der Waals surface area contributed by atoms with Crippen LogP contribution in [0.3, 0.4) is 0 Å². The lowest BCUT2D eigenvalue weighted by Crippen LogP contribution is -2.30. The molecule has 23 heavy (non-hydrogen) atoms. The number of hydrogen-bond donors (Lipinski definition) is 2. The van der Waals surface area contributed by atoms with E-state index in [9.17, 15) is 13.2 Å². The van der Waals surface area contributed by atoms with Crippen LogP contribution in [-0.2, 0) is 14.8 Å². The van der Waals surface area contributed by atoms with Gasteiger partial charge >= 0.3 is 5.97 Å². The van der Waals surface area contributed by atoms with E-state index >= 15 is 0 Å². The lowest BCUT2D eigenvalue weighted by molar-refractivity contribution is -0.137. The molecule has 0 amide bonds. The highest BCUT2D eigenvalue weighted by Gasteiger charge is 2.24. The molecule has 122 valence electrons. The first kappa shape index (κ1) is 17.1. The third kappa shape index (κ3) is 4.37. The second-order valence-corrected chi connectivity index (χ2v) is 7.02. The van der Waals surface area contributed by atoms with Gasteiger partial charge in [0.05, 0.1) is 17.4 Å². The summed E-state index contributed by atoms with van der Waals surface area (Å²) in [5.41, 5.74) is 2.34. The van der Waals surface area contributed by atoms with Crippen molar-refractivity contribution in [2.75, 3.05) is 0 Å². The zero-order valence-corrected chi connectivity index (χ0v) is 13.7. The van der Waals surface area contributed by atoms with E-state index in [0.717, 1.165) is 11.1 Å². The number of carboxylic acids is 1. The van der Waals surface area contributed by atoms with E-state index in [1.807, 2.05) is 13.8 Å². The number of hydrogen-bond acceptors (Lipinski definition) is 4. The summed E-state index contributed by atoms with van der Waals surface area (Å²) in [6.07, 6.45) is 2.63. The van der Waals surface area contributed by atoms with Crippen LogP contribution in [0.5, 0.6) is 0 Å². The molecule has 0 saturated heterocycles. The van der Waals surface area contributed by atoms with Crippen LogP contribution in [0.1, 0.15) is 29.2 Å². The number of rotatable bonds is 6. The summed E-state index contributed by atoms with van der Waals surface area (Å²) in [5.74, 6) is -1.10. The fourth-order valence-corrected chi connectivity index (χ4v) is 3.43. The standard InChI is InChI=1S/C16H18N2O4S/c1-11-5-6-14(8-12(11)2)23(21,22)18-15(9-16(19)20)13-4-3-7-17-10-13/h3-8,10,15,18H,9H2,1-2H3,(H,19,20)/t15-/m1/s1. The monoisotopic (exact) mass is 334 g/mol. The molecule has 2 aromatic rings. The average Bonchev–Trinajstić information content (AvgIpc) is 2.49. The maximum absolute atomic E-state index is 12.5. The van der Waals surface area contributed by atoms with Crippen molar-refractivity contribution < 1.29 is 18.3 Å². The molecule has 0 aliphatic rings. The van der Waals surface area contributed by atoms with E-state index in [1.54, 1.807) is 30.5 Å². The third-order valence-electron chi connectivity index (χ3n) is 3.55. The first-order valence-corrected chi connectivity index (χ1v) is 8.49. The quantitative estimate of drug-likeness (QED) is 0.844. The van der Waals surface area contributed by atoms with Crippen LogP contribution in [0.2, 0.25) is 0 Å². The Hall–Kier alpha value is -2.25. The number of benzene rings is 1. The summed E-state index contributed by atoms with van der Waals surface area (Å²) in [6, 6.07) is 7.19. The molecule has 2 N–H and O–H groups in total. The van der Waals surface area contributed by atoms with Crippen LogP contribution in [0.4, 0.5) is 0 Å². The average molecular weight is 334 g/mol. The maximum Gasteiger partial charge on any atom is 0.305 e. The minimum Gasteiger partial charge on any atom is -0.481 e. The number of carbonyl (C=O) groups is 1. The molecule has 2 rings (SSSR count). The van der Waals surface area contributed by atoms with Crippen LogP contribution in [0.15, 0.2) is 47.6 Å². The Morgan fingerprint density at radius 1 is 1.26 bits per heavy atom. The van der Waals surface area contributed by atoms with Crippen LogP contribution in [0.25, 0.3) is 0 Å². The van der Waals surface area contributed by atoms with Gasteiger partial charge in [0.25, 0.3) is 0 Å². The van der Waals surface area contributed by atoms with Gasteiger partial charge < -0.3 is 5.11 Å². The van der Waals surface area contributed by atoms with Gasteiger partial charge in [0.15, 0.2) is 0 Å². The number of aromatic nitrogens is 1. The van der Waals surface area contributed by atoms with Crippen LogP contribution >= 0.6 is 0 Å². The molecule has 1 aromatic carbocycles. The Bertz CT molecular complexity index is 804. The summed E-state index contributed by atoms with van der Waals surface area (Å²) in [5, 5.41) is 9.04. The van der Waals surface area contributed by atoms with Gasteiger partial charge in [-0.15, -0.1) is 0 Å². The van der Waals surface area contributed by atoms with E-state index in [1.165, 1.54) is 12.3 Å². The fourth-order valence-electron chi connectivity index (χ4n) is 2.12. The van der Waals surface area contributed by atoms with Crippen molar-refractivity contribution >= 4 is 16.0 Å². The van der Waals surface area contributed by atoms with Crippen molar-refractivity contribution in [2.45, 2.75) is 31.2 Å². The van der Waals surface area contributed by atoms with Gasteiger partial charge in [-0.2, -0.15) is 0 Å². The summed E-state index contributed by atoms with van der Waals surface area (Å²) >= 11 is 0. The molecule has 1 heterocycles. The molecule has 0 spiro atoms. The van der Waals surface area contributed by atoms with Crippen molar-refractivity contribution in [1.82, 2.24) is 9.71 Å². The van der Waals surface area contributed by atoms with E-state index in [-0.39, 0.29) is 11.3 Å². The molecule has 0 saturated carbocycles. The normalized spacial score (nSPS) is 12.8. The highest BCUT2D eigenvalue weighted by atomic mass is 32.2. The van der Waals surface area contributed by atoms with Crippen LogP contribution in [0, 0.1) is 13.8 Å². The van der Waals surface area contributed by atoms with Gasteiger partial charge in [-0.05, 0) is 48.7 Å². The van der Waals surface area contributed by atoms with E-state index < -0.39 is 22.0 Å². The minimum atomic E-state index is -3.83. The van der Waals surface area contributed by atoms with Gasteiger partial charge in [0.1, 0.15) is 0 Å². The number of sulfonamides is 1. The van der Waals surface area contributed by atoms with Crippen LogP contribution < -0.4 is 4.72 Å². The van der Waals surface area contributed by atoms with Crippen LogP contribution in [-0.4, -0.2) is 24.5 Å². The topological polar surface area (TPSA) is 96.4 Å². The smallest absolute Gasteiger partial charge is 0.305 e. The third-order valence-corrected chi connectivity index (χ3v) is 5.02. The highest BCUT2D eigenvalue weighted by Crippen LogP contribution is 2.21. The molecular formula is C16H18N2O4S. The summed E-state index contributed by atoms with van der Waals surface area (Å²) in [7, 11) is -3.83. The van der Waals surface area contributed by atoms with Crippen molar-refractivity contribution in [3.63, 3.8) is 0 Å². The molecule has 0 fully saturated rings. The molecule has 6 nitrogen and oxygen atoms in total. The Kier molecular flexibility index (Phi) is 5.12. The zero-order chi connectivity index (χ0) is 17.0. The van der Waals surface area contributed by atoms with E-state index in [2.05, 4.69) is 9.71 Å². The Balaban J connectivity index is 2.34. The number of pyridine rings is 1. The number of nitrogens with one attached hydrogen (secondary N) is 1. The Morgan fingerprint density at radius 2 is 2.00 bits per heavy atom. The largest absolute Gasteiger partial charge is 0.481 e. The van der Waals surface area contributed by atoms with Gasteiger partial charge in [0.2, 0.25) is 10.0 Å². The van der Waals surface area contributed by atoms with Gasteiger partial charge in [0, 0.05) is 12.4 Å². The van der Waals surface area contributed by atoms with E-state index in [4.69, 9.17) is 5.11 Å². The molecule has 0 bridgehead atoms. The number of carboxylic acid groups (broad SMARTS) is 1. The number of aryl methyl sites for hydroxylation is 2. The summed E-state index contributed by atoms with van der Waals surface area (Å²) < 4.78 is 27.5. The Morgan fingerprint density at radius 3 is 2.57 bits per heavy atom. The predicted molar refractivity (Wildman–Crippen MR) is 85.5 cm³/mol. The second-order valence-electron chi connectivity index (χ2n) is 5.30. The molecule has 0 radical (unpaired) electrons. The first-order chi connectivity index (χ1) is 10.8. The molecule has 1 aromatic heterocycles. The predicted octanol–water partition coefficient (Wildman–Crippen LogP) is 2.19. The lowest BCUT2D eigenvalue weighted by atomic mass is 10.1. The molecule has 0 aliphatic carbocycles. The first-order valence-electron chi connectivity index (χ1n) is 7.01. The fraction of sp³-hybridized carbons (Fsp3) is 0.250. The zero-order valence-electron chi connectivity index (χ0n) is 12.9. The highest BCUT2D eigenvalue weighted by molar-refractivity contribution is 7.89. The molecule has 0 unspecified atom stereocenters.